The molecule has 2 aliphatic heterocycles. The van der Waals surface area contributed by atoms with Crippen molar-refractivity contribution < 1.29 is 26.8 Å². The highest BCUT2D eigenvalue weighted by molar-refractivity contribution is 7.92. The van der Waals surface area contributed by atoms with Gasteiger partial charge < -0.3 is 9.80 Å². The fraction of sp³-hybridized carbons (Fsp3) is 0.364. The van der Waals surface area contributed by atoms with Crippen LogP contribution < -0.4 is 4.31 Å². The number of carbonyl (C=O) groups is 2. The Hall–Kier alpha value is -3.01. The first-order valence-electron chi connectivity index (χ1n) is 10.2. The fourth-order valence-electron chi connectivity index (χ4n) is 4.35. The molecule has 1 fully saturated rings. The van der Waals surface area contributed by atoms with E-state index >= 15 is 0 Å². The zero-order chi connectivity index (χ0) is 23.2. The summed E-state index contributed by atoms with van der Waals surface area (Å²) in [6, 6.07) is 7.84. The van der Waals surface area contributed by atoms with Crippen LogP contribution in [0, 0.1) is 11.6 Å². The van der Waals surface area contributed by atoms with Crippen LogP contribution in [-0.2, 0) is 16.4 Å². The van der Waals surface area contributed by atoms with Crippen molar-refractivity contribution >= 4 is 27.5 Å². The third kappa shape index (κ3) is 4.06. The Morgan fingerprint density at radius 1 is 0.875 bits per heavy atom. The van der Waals surface area contributed by atoms with Gasteiger partial charge in [0.2, 0.25) is 10.0 Å². The number of hydrogen-bond acceptors (Lipinski definition) is 4. The van der Waals surface area contributed by atoms with Gasteiger partial charge in [-0.1, -0.05) is 0 Å². The lowest BCUT2D eigenvalue weighted by molar-refractivity contribution is 0.0535. The zero-order valence-electron chi connectivity index (χ0n) is 17.7. The molecule has 0 N–H and O–H groups in total. The number of carbonyl (C=O) groups excluding carboxylic acids is 2. The van der Waals surface area contributed by atoms with Crippen molar-refractivity contribution in [3.05, 3.63) is 64.7 Å². The summed E-state index contributed by atoms with van der Waals surface area (Å²) in [5.74, 6) is -2.70. The maximum absolute atomic E-state index is 13.4. The van der Waals surface area contributed by atoms with Gasteiger partial charge in [0.15, 0.2) is 11.6 Å². The van der Waals surface area contributed by atoms with Crippen LogP contribution in [0.2, 0.25) is 0 Å². The normalized spacial score (nSPS) is 18.6. The van der Waals surface area contributed by atoms with Gasteiger partial charge in [0.25, 0.3) is 11.8 Å². The predicted octanol–water partition coefficient (Wildman–Crippen LogP) is 2.27. The smallest absolute Gasteiger partial charge is 0.254 e. The summed E-state index contributed by atoms with van der Waals surface area (Å²) in [5.41, 5.74) is 1.93. The summed E-state index contributed by atoms with van der Waals surface area (Å²) in [7, 11) is -3.40. The minimum absolute atomic E-state index is 0.0619. The Balaban J connectivity index is 1.43. The lowest BCUT2D eigenvalue weighted by Crippen LogP contribution is -2.50. The van der Waals surface area contributed by atoms with Gasteiger partial charge in [0, 0.05) is 43.3 Å². The molecule has 2 aromatic carbocycles. The molecule has 0 aromatic heterocycles. The summed E-state index contributed by atoms with van der Waals surface area (Å²) >= 11 is 0. The number of halogens is 2. The number of nitrogens with zero attached hydrogens (tertiary/aromatic N) is 3. The Bertz CT molecular complexity index is 1190. The van der Waals surface area contributed by atoms with E-state index in [-0.39, 0.29) is 30.6 Å². The molecule has 7 nitrogen and oxygen atoms in total. The van der Waals surface area contributed by atoms with Crippen molar-refractivity contribution in [3.63, 3.8) is 0 Å². The Morgan fingerprint density at radius 3 is 1.94 bits per heavy atom. The summed E-state index contributed by atoms with van der Waals surface area (Å²) in [4.78, 5) is 28.7. The first kappa shape index (κ1) is 22.2. The molecule has 2 aromatic rings. The number of anilines is 1. The number of rotatable bonds is 3. The lowest BCUT2D eigenvalue weighted by atomic mass is 10.1. The van der Waals surface area contributed by atoms with Gasteiger partial charge in [-0.2, -0.15) is 0 Å². The Kier molecular flexibility index (Phi) is 5.66. The van der Waals surface area contributed by atoms with E-state index in [1.165, 1.54) is 21.5 Å². The van der Waals surface area contributed by atoms with Crippen LogP contribution >= 0.6 is 0 Å². The minimum atomic E-state index is -3.40. The summed E-state index contributed by atoms with van der Waals surface area (Å²) < 4.78 is 52.1. The van der Waals surface area contributed by atoms with Crippen LogP contribution in [0.15, 0.2) is 36.4 Å². The molecule has 2 amide bonds. The Morgan fingerprint density at radius 2 is 1.41 bits per heavy atom. The third-order valence-corrected chi connectivity index (χ3v) is 7.13. The molecule has 4 rings (SSSR count). The molecule has 10 heteroatoms. The van der Waals surface area contributed by atoms with Crippen molar-refractivity contribution in [2.45, 2.75) is 19.4 Å². The molecule has 1 saturated heterocycles. The monoisotopic (exact) mass is 463 g/mol. The maximum atomic E-state index is 13.4. The van der Waals surface area contributed by atoms with Gasteiger partial charge in [-0.15, -0.1) is 0 Å². The third-order valence-electron chi connectivity index (χ3n) is 5.86. The largest absolute Gasteiger partial charge is 0.335 e. The molecule has 2 aliphatic rings. The first-order chi connectivity index (χ1) is 15.1. The van der Waals surface area contributed by atoms with Crippen molar-refractivity contribution in [1.82, 2.24) is 9.80 Å². The van der Waals surface area contributed by atoms with Gasteiger partial charge in [0.1, 0.15) is 0 Å². The molecule has 0 radical (unpaired) electrons. The van der Waals surface area contributed by atoms with Crippen molar-refractivity contribution in [2.75, 3.05) is 36.7 Å². The van der Waals surface area contributed by atoms with Gasteiger partial charge in [-0.05, 0) is 55.3 Å². The van der Waals surface area contributed by atoms with Crippen LogP contribution in [-0.4, -0.2) is 68.5 Å². The highest BCUT2D eigenvalue weighted by Gasteiger charge is 2.33. The van der Waals surface area contributed by atoms with Crippen LogP contribution in [0.4, 0.5) is 14.5 Å². The molecule has 0 spiro atoms. The second kappa shape index (κ2) is 8.16. The van der Waals surface area contributed by atoms with E-state index in [1.54, 1.807) is 23.1 Å². The zero-order valence-corrected chi connectivity index (χ0v) is 18.5. The van der Waals surface area contributed by atoms with E-state index in [9.17, 15) is 26.8 Å². The lowest BCUT2D eigenvalue weighted by Gasteiger charge is -2.35. The first-order valence-corrected chi connectivity index (χ1v) is 12.1. The second-order valence-electron chi connectivity index (χ2n) is 8.17. The molecule has 32 heavy (non-hydrogen) atoms. The predicted molar refractivity (Wildman–Crippen MR) is 115 cm³/mol. The number of sulfonamides is 1. The van der Waals surface area contributed by atoms with Crippen LogP contribution in [0.3, 0.4) is 0 Å². The van der Waals surface area contributed by atoms with Crippen molar-refractivity contribution in [2.24, 2.45) is 0 Å². The van der Waals surface area contributed by atoms with E-state index in [0.29, 0.717) is 30.8 Å². The van der Waals surface area contributed by atoms with Gasteiger partial charge in [-0.25, -0.2) is 17.2 Å². The standard InChI is InChI=1S/C22H23F2N3O4S/c1-14-11-17-12-15(4-6-20(17)27(14)32(2,30)31)21(28)25-7-9-26(10-8-25)22(29)16-3-5-18(23)19(24)13-16/h3-6,12-14H,7-11H2,1-2H3. The second-order valence-corrected chi connectivity index (χ2v) is 10.0. The van der Waals surface area contributed by atoms with Crippen LogP contribution in [0.25, 0.3) is 0 Å². The van der Waals surface area contributed by atoms with E-state index < -0.39 is 27.6 Å². The molecule has 0 saturated carbocycles. The number of fused-ring (bicyclic) bond motifs is 1. The highest BCUT2D eigenvalue weighted by atomic mass is 32.2. The van der Waals surface area contributed by atoms with Gasteiger partial charge >= 0.3 is 0 Å². The van der Waals surface area contributed by atoms with E-state index in [2.05, 4.69) is 0 Å². The molecular weight excluding hydrogens is 440 g/mol. The SMILES string of the molecule is CC1Cc2cc(C(=O)N3CCN(C(=O)c4ccc(F)c(F)c4)CC3)ccc2N1S(C)(=O)=O. The number of amides is 2. The summed E-state index contributed by atoms with van der Waals surface area (Å²) in [5, 5.41) is 0. The topological polar surface area (TPSA) is 78.0 Å². The van der Waals surface area contributed by atoms with Crippen molar-refractivity contribution in [3.8, 4) is 0 Å². The Labute approximate surface area is 185 Å². The maximum Gasteiger partial charge on any atom is 0.254 e. The number of hydrogen-bond donors (Lipinski definition) is 0. The summed E-state index contributed by atoms with van der Waals surface area (Å²) in [6.45, 7) is 2.97. The van der Waals surface area contributed by atoms with E-state index in [4.69, 9.17) is 0 Å². The molecule has 170 valence electrons. The molecule has 2 heterocycles. The quantitative estimate of drug-likeness (QED) is 0.700. The van der Waals surface area contributed by atoms with Gasteiger partial charge in [-0.3, -0.25) is 13.9 Å². The highest BCUT2D eigenvalue weighted by Crippen LogP contribution is 2.35. The average molecular weight is 464 g/mol. The minimum Gasteiger partial charge on any atom is -0.335 e. The van der Waals surface area contributed by atoms with E-state index in [0.717, 1.165) is 17.7 Å². The van der Waals surface area contributed by atoms with Crippen LogP contribution in [0.5, 0.6) is 0 Å². The number of benzene rings is 2. The summed E-state index contributed by atoms with van der Waals surface area (Å²) in [6.07, 6.45) is 1.69. The molecule has 0 bridgehead atoms. The molecular formula is C22H23F2N3O4S. The van der Waals surface area contributed by atoms with E-state index in [1.807, 2.05) is 6.92 Å². The molecule has 1 unspecified atom stereocenters. The molecule has 1 atom stereocenters. The van der Waals surface area contributed by atoms with Gasteiger partial charge in [0.05, 0.1) is 11.9 Å². The van der Waals surface area contributed by atoms with Crippen LogP contribution in [0.1, 0.15) is 33.2 Å². The number of piperazine rings is 1. The fourth-order valence-corrected chi connectivity index (χ4v) is 5.61. The van der Waals surface area contributed by atoms with Crippen molar-refractivity contribution in [1.29, 1.82) is 0 Å². The molecule has 0 aliphatic carbocycles. The average Bonchev–Trinajstić information content (AvgIpc) is 3.10.